The lowest BCUT2D eigenvalue weighted by Crippen LogP contribution is -2.27. The van der Waals surface area contributed by atoms with E-state index in [-0.39, 0.29) is 38.7 Å². The van der Waals surface area contributed by atoms with Crippen LogP contribution in [0.4, 0.5) is 0 Å². The molecule has 156 valence electrons. The van der Waals surface area contributed by atoms with Crippen molar-refractivity contribution in [3.63, 3.8) is 0 Å². The van der Waals surface area contributed by atoms with Crippen LogP contribution in [0.3, 0.4) is 0 Å². The highest BCUT2D eigenvalue weighted by Crippen LogP contribution is 2.30. The average Bonchev–Trinajstić information content (AvgIpc) is 3.37. The van der Waals surface area contributed by atoms with Gasteiger partial charge in [0.2, 0.25) is 10.0 Å². The number of halogens is 2. The lowest BCUT2D eigenvalue weighted by Gasteiger charge is -2.11. The molecule has 1 aliphatic rings. The molecule has 1 saturated carbocycles. The van der Waals surface area contributed by atoms with Crippen molar-refractivity contribution in [3.05, 3.63) is 50.9 Å². The number of aryl methyl sites for hydroxylation is 1. The third-order valence-corrected chi connectivity index (χ3v) is 6.55. The fourth-order valence-corrected chi connectivity index (χ4v) is 4.76. The Kier molecular flexibility index (Phi) is 6.23. The minimum absolute atomic E-state index is 0.00347. The number of amides is 1. The van der Waals surface area contributed by atoms with Gasteiger partial charge in [-0.3, -0.25) is 4.79 Å². The number of methoxy groups -OCH3 is 1. The van der Waals surface area contributed by atoms with E-state index in [0.717, 1.165) is 18.9 Å². The topological polar surface area (TPSA) is 115 Å². The Balaban J connectivity index is 1.79. The highest BCUT2D eigenvalue weighted by Gasteiger charge is 2.30. The van der Waals surface area contributed by atoms with Gasteiger partial charge in [-0.25, -0.2) is 17.9 Å². The van der Waals surface area contributed by atoms with E-state index in [9.17, 15) is 18.0 Å². The van der Waals surface area contributed by atoms with Gasteiger partial charge in [0.1, 0.15) is 22.0 Å². The van der Waals surface area contributed by atoms with Gasteiger partial charge < -0.3 is 14.5 Å². The summed E-state index contributed by atoms with van der Waals surface area (Å²) >= 11 is 12.1. The van der Waals surface area contributed by atoms with E-state index in [1.54, 1.807) is 6.92 Å². The average molecular weight is 461 g/mol. The second-order valence-electron chi connectivity index (χ2n) is 6.51. The van der Waals surface area contributed by atoms with Gasteiger partial charge >= 0.3 is 5.97 Å². The van der Waals surface area contributed by atoms with E-state index in [4.69, 9.17) is 27.6 Å². The number of sulfonamides is 1. The first-order chi connectivity index (χ1) is 13.6. The molecule has 0 radical (unpaired) electrons. The summed E-state index contributed by atoms with van der Waals surface area (Å²) in [4.78, 5) is 24.0. The Bertz CT molecular complexity index is 1080. The zero-order valence-electron chi connectivity index (χ0n) is 15.5. The van der Waals surface area contributed by atoms with Crippen LogP contribution in [0.1, 0.15) is 45.1 Å². The van der Waals surface area contributed by atoms with Crippen LogP contribution in [0.2, 0.25) is 10.0 Å². The van der Waals surface area contributed by atoms with Crippen molar-refractivity contribution in [2.24, 2.45) is 0 Å². The number of hydrogen-bond acceptors (Lipinski definition) is 6. The predicted molar refractivity (Wildman–Crippen MR) is 106 cm³/mol. The number of esters is 1. The Morgan fingerprint density at radius 2 is 1.86 bits per heavy atom. The number of hydrogen-bond donors (Lipinski definition) is 2. The molecule has 1 aromatic heterocycles. The number of benzene rings is 1. The van der Waals surface area contributed by atoms with Gasteiger partial charge in [0.25, 0.3) is 5.91 Å². The molecule has 11 heteroatoms. The van der Waals surface area contributed by atoms with Gasteiger partial charge in [-0.2, -0.15) is 0 Å². The maximum absolute atomic E-state index is 12.6. The molecule has 3 rings (SSSR count). The normalized spacial score (nSPS) is 13.9. The van der Waals surface area contributed by atoms with E-state index in [1.807, 2.05) is 0 Å². The molecular weight excluding hydrogens is 443 g/mol. The largest absolute Gasteiger partial charge is 0.465 e. The number of carbonyl (C=O) groups is 2. The summed E-state index contributed by atoms with van der Waals surface area (Å²) in [6.07, 6.45) is 1.52. The molecule has 29 heavy (non-hydrogen) atoms. The second kappa shape index (κ2) is 8.35. The summed E-state index contributed by atoms with van der Waals surface area (Å²) < 4.78 is 37.5. The smallest absolute Gasteiger partial charge is 0.341 e. The molecule has 2 N–H and O–H groups in total. The van der Waals surface area contributed by atoms with Gasteiger partial charge in [-0.1, -0.05) is 23.2 Å². The molecular formula is C18H18Cl2N2O6S. The summed E-state index contributed by atoms with van der Waals surface area (Å²) in [6, 6.07) is 3.69. The fourth-order valence-electron chi connectivity index (χ4n) is 2.60. The van der Waals surface area contributed by atoms with E-state index in [2.05, 4.69) is 14.8 Å². The third-order valence-electron chi connectivity index (χ3n) is 4.25. The molecule has 1 fully saturated rings. The van der Waals surface area contributed by atoms with Crippen LogP contribution >= 0.6 is 23.2 Å². The molecule has 1 aliphatic carbocycles. The minimum Gasteiger partial charge on any atom is -0.465 e. The molecule has 1 amide bonds. The van der Waals surface area contributed by atoms with Crippen LogP contribution < -0.4 is 10.0 Å². The zero-order valence-corrected chi connectivity index (χ0v) is 17.9. The van der Waals surface area contributed by atoms with E-state index < -0.39 is 21.9 Å². The van der Waals surface area contributed by atoms with Gasteiger partial charge in [0.05, 0.1) is 29.3 Å². The zero-order chi connectivity index (χ0) is 21.3. The maximum atomic E-state index is 12.6. The van der Waals surface area contributed by atoms with Crippen molar-refractivity contribution in [1.82, 2.24) is 10.0 Å². The van der Waals surface area contributed by atoms with Crippen LogP contribution in [-0.2, 0) is 21.3 Å². The van der Waals surface area contributed by atoms with Crippen LogP contribution in [-0.4, -0.2) is 33.4 Å². The second-order valence-corrected chi connectivity index (χ2v) is 9.01. The maximum Gasteiger partial charge on any atom is 0.341 e. The molecule has 8 nitrogen and oxygen atoms in total. The Hall–Kier alpha value is -2.07. The Morgan fingerprint density at radius 3 is 2.48 bits per heavy atom. The van der Waals surface area contributed by atoms with Crippen molar-refractivity contribution in [3.8, 4) is 0 Å². The fraction of sp³-hybridized carbons (Fsp3) is 0.333. The summed E-state index contributed by atoms with van der Waals surface area (Å²) in [5, 5.41) is 2.50. The highest BCUT2D eigenvalue weighted by molar-refractivity contribution is 7.89. The Morgan fingerprint density at radius 1 is 1.17 bits per heavy atom. The molecule has 0 saturated heterocycles. The van der Waals surface area contributed by atoms with Gasteiger partial charge in [0.15, 0.2) is 0 Å². The van der Waals surface area contributed by atoms with Crippen molar-refractivity contribution in [2.75, 3.05) is 7.11 Å². The van der Waals surface area contributed by atoms with E-state index >= 15 is 0 Å². The molecule has 1 heterocycles. The first-order valence-electron chi connectivity index (χ1n) is 8.59. The molecule has 0 bridgehead atoms. The predicted octanol–water partition coefficient (Wildman–Crippen LogP) is 3.05. The van der Waals surface area contributed by atoms with Crippen LogP contribution in [0.25, 0.3) is 0 Å². The van der Waals surface area contributed by atoms with Crippen LogP contribution in [0.5, 0.6) is 0 Å². The summed E-state index contributed by atoms with van der Waals surface area (Å²) in [5.74, 6) is -0.500. The monoisotopic (exact) mass is 460 g/mol. The summed E-state index contributed by atoms with van der Waals surface area (Å²) in [5.41, 5.74) is 0.199. The third kappa shape index (κ3) is 4.92. The molecule has 0 atom stereocenters. The number of ether oxygens (including phenoxy) is 1. The molecule has 1 aromatic carbocycles. The standard InChI is InChI=1S/C18H18Cl2N2O6S/c1-9-12(18(24)27-2)5-11(28-9)8-21-17(23)13-6-16(15(20)7-14(13)19)29(25,26)22-10-3-4-10/h5-7,10,22H,3-4,8H2,1-2H3,(H,21,23). The number of nitrogens with one attached hydrogen (secondary N) is 2. The first kappa shape index (κ1) is 21.6. The molecule has 2 aromatic rings. The van der Waals surface area contributed by atoms with Crippen LogP contribution in [0, 0.1) is 6.92 Å². The minimum atomic E-state index is -3.87. The Labute approximate surface area is 177 Å². The first-order valence-corrected chi connectivity index (χ1v) is 10.8. The number of furan rings is 1. The number of rotatable bonds is 7. The SMILES string of the molecule is COC(=O)c1cc(CNC(=O)c2cc(S(=O)(=O)NC3CC3)c(Cl)cc2Cl)oc1C. The lowest BCUT2D eigenvalue weighted by molar-refractivity contribution is 0.0598. The summed E-state index contributed by atoms with van der Waals surface area (Å²) in [6.45, 7) is 1.55. The molecule has 0 unspecified atom stereocenters. The van der Waals surface area contributed by atoms with Gasteiger partial charge in [-0.15, -0.1) is 0 Å². The number of carbonyl (C=O) groups excluding carboxylic acids is 2. The lowest BCUT2D eigenvalue weighted by atomic mass is 10.2. The molecule has 0 spiro atoms. The van der Waals surface area contributed by atoms with E-state index in [1.165, 1.54) is 19.2 Å². The van der Waals surface area contributed by atoms with Crippen molar-refractivity contribution < 1.29 is 27.2 Å². The van der Waals surface area contributed by atoms with Crippen LogP contribution in [0.15, 0.2) is 27.5 Å². The van der Waals surface area contributed by atoms with Crippen molar-refractivity contribution in [1.29, 1.82) is 0 Å². The van der Waals surface area contributed by atoms with Gasteiger partial charge in [-0.05, 0) is 38.0 Å². The molecule has 0 aliphatic heterocycles. The quantitative estimate of drug-likeness (QED) is 0.613. The van der Waals surface area contributed by atoms with E-state index in [0.29, 0.717) is 11.5 Å². The van der Waals surface area contributed by atoms with Crippen molar-refractivity contribution in [2.45, 2.75) is 37.2 Å². The van der Waals surface area contributed by atoms with Gasteiger partial charge in [0, 0.05) is 6.04 Å². The highest BCUT2D eigenvalue weighted by atomic mass is 35.5. The van der Waals surface area contributed by atoms with Crippen molar-refractivity contribution >= 4 is 45.1 Å². The summed E-state index contributed by atoms with van der Waals surface area (Å²) in [7, 11) is -2.62.